The van der Waals surface area contributed by atoms with Crippen LogP contribution in [0.25, 0.3) is 0 Å². The highest BCUT2D eigenvalue weighted by Gasteiger charge is 2.35. The minimum absolute atomic E-state index is 0.169. The lowest BCUT2D eigenvalue weighted by molar-refractivity contribution is -0.138. The second-order valence-corrected chi connectivity index (χ2v) is 4.97. The first-order valence-corrected chi connectivity index (χ1v) is 6.45. The maximum absolute atomic E-state index is 12.7. The van der Waals surface area contributed by atoms with Crippen LogP contribution < -0.4 is 4.74 Å². The molecule has 0 radical (unpaired) electrons. The third-order valence-corrected chi connectivity index (χ3v) is 3.49. The minimum Gasteiger partial charge on any atom is -0.493 e. The molecule has 1 fully saturated rings. The zero-order valence-electron chi connectivity index (χ0n) is 10.7. The summed E-state index contributed by atoms with van der Waals surface area (Å²) in [6.07, 6.45) is -0.306. The van der Waals surface area contributed by atoms with Gasteiger partial charge in [0.05, 0.1) is 17.7 Å². The number of alkyl halides is 3. The summed E-state index contributed by atoms with van der Waals surface area (Å²) in [5.74, 6) is -1.03. The third kappa shape index (κ3) is 3.43. The summed E-state index contributed by atoms with van der Waals surface area (Å²) in [4.78, 5) is 10.9. The van der Waals surface area contributed by atoms with Gasteiger partial charge in [0.1, 0.15) is 5.75 Å². The number of rotatable bonds is 4. The molecule has 0 atom stereocenters. The van der Waals surface area contributed by atoms with E-state index in [0.29, 0.717) is 12.5 Å². The number of carboxylic acid groups (broad SMARTS) is 1. The van der Waals surface area contributed by atoms with Crippen LogP contribution in [-0.4, -0.2) is 17.7 Å². The number of halogens is 3. The van der Waals surface area contributed by atoms with Crippen LogP contribution in [0.4, 0.5) is 13.2 Å². The first-order chi connectivity index (χ1) is 9.38. The normalized spacial score (nSPS) is 16.4. The second kappa shape index (κ2) is 5.73. The number of carbonyl (C=O) groups is 1. The minimum atomic E-state index is -4.68. The van der Waals surface area contributed by atoms with E-state index in [-0.39, 0.29) is 5.75 Å². The Balaban J connectivity index is 2.15. The first-order valence-electron chi connectivity index (χ1n) is 6.45. The smallest absolute Gasteiger partial charge is 0.417 e. The van der Waals surface area contributed by atoms with Crippen molar-refractivity contribution in [2.75, 3.05) is 6.61 Å². The van der Waals surface area contributed by atoms with Crippen molar-refractivity contribution >= 4 is 5.97 Å². The molecule has 1 aromatic rings. The monoisotopic (exact) mass is 288 g/mol. The van der Waals surface area contributed by atoms with Gasteiger partial charge in [0.15, 0.2) is 0 Å². The molecule has 110 valence electrons. The molecule has 20 heavy (non-hydrogen) atoms. The van der Waals surface area contributed by atoms with Gasteiger partial charge in [-0.1, -0.05) is 12.8 Å². The van der Waals surface area contributed by atoms with Gasteiger partial charge in [-0.25, -0.2) is 4.79 Å². The molecule has 0 aliphatic heterocycles. The van der Waals surface area contributed by atoms with Crippen LogP contribution in [-0.2, 0) is 6.18 Å². The van der Waals surface area contributed by atoms with E-state index in [2.05, 4.69) is 0 Å². The Morgan fingerprint density at radius 1 is 1.30 bits per heavy atom. The van der Waals surface area contributed by atoms with Gasteiger partial charge in [0.25, 0.3) is 0 Å². The van der Waals surface area contributed by atoms with Gasteiger partial charge >= 0.3 is 12.1 Å². The number of benzene rings is 1. The molecule has 0 aromatic heterocycles. The van der Waals surface area contributed by atoms with Crippen LogP contribution in [0.2, 0.25) is 0 Å². The summed E-state index contributed by atoms with van der Waals surface area (Å²) in [7, 11) is 0. The molecule has 1 aliphatic carbocycles. The summed E-state index contributed by atoms with van der Waals surface area (Å²) < 4.78 is 43.4. The Bertz CT molecular complexity index is 491. The average Bonchev–Trinajstić information content (AvgIpc) is 2.88. The molecule has 0 saturated heterocycles. The lowest BCUT2D eigenvalue weighted by Crippen LogP contribution is -2.14. The van der Waals surface area contributed by atoms with Crippen LogP contribution in [0.1, 0.15) is 41.6 Å². The molecule has 2 rings (SSSR count). The number of hydrogen-bond acceptors (Lipinski definition) is 2. The number of carboxylic acids is 1. The quantitative estimate of drug-likeness (QED) is 0.911. The number of aromatic carboxylic acids is 1. The molecule has 0 heterocycles. The predicted octanol–water partition coefficient (Wildman–Crippen LogP) is 3.97. The lowest BCUT2D eigenvalue weighted by atomic mass is 10.1. The Kier molecular flexibility index (Phi) is 4.20. The Labute approximate surface area is 114 Å². The number of ether oxygens (including phenoxy) is 1. The van der Waals surface area contributed by atoms with E-state index in [9.17, 15) is 18.0 Å². The molecule has 3 nitrogen and oxygen atoms in total. The van der Waals surface area contributed by atoms with Crippen molar-refractivity contribution in [2.45, 2.75) is 31.9 Å². The van der Waals surface area contributed by atoms with Gasteiger partial charge in [-0.3, -0.25) is 0 Å². The molecule has 1 saturated carbocycles. The van der Waals surface area contributed by atoms with Crippen molar-refractivity contribution in [1.82, 2.24) is 0 Å². The molecule has 1 N–H and O–H groups in total. The predicted molar refractivity (Wildman–Crippen MR) is 65.9 cm³/mol. The van der Waals surface area contributed by atoms with Crippen LogP contribution in [0.5, 0.6) is 5.75 Å². The van der Waals surface area contributed by atoms with Crippen molar-refractivity contribution in [1.29, 1.82) is 0 Å². The highest BCUT2D eigenvalue weighted by Crippen LogP contribution is 2.34. The van der Waals surface area contributed by atoms with E-state index in [1.807, 2.05) is 0 Å². The second-order valence-electron chi connectivity index (χ2n) is 4.97. The largest absolute Gasteiger partial charge is 0.493 e. The van der Waals surface area contributed by atoms with E-state index in [1.54, 1.807) is 0 Å². The van der Waals surface area contributed by atoms with Crippen LogP contribution in [0.3, 0.4) is 0 Å². The lowest BCUT2D eigenvalue weighted by Gasteiger charge is -2.14. The topological polar surface area (TPSA) is 46.5 Å². The molecule has 0 bridgehead atoms. The molecule has 0 spiro atoms. The molecule has 1 aromatic carbocycles. The molecule has 1 aliphatic rings. The maximum atomic E-state index is 12.7. The fraction of sp³-hybridized carbons (Fsp3) is 0.500. The summed E-state index contributed by atoms with van der Waals surface area (Å²) in [6, 6.07) is 2.87. The summed E-state index contributed by atoms with van der Waals surface area (Å²) in [6.45, 7) is 0.421. The fourth-order valence-electron chi connectivity index (χ4n) is 2.43. The van der Waals surface area contributed by atoms with Gasteiger partial charge in [-0.2, -0.15) is 13.2 Å². The SMILES string of the molecule is O=C(O)c1cc(OCC2CCCC2)ccc1C(F)(F)F. The average molecular weight is 288 g/mol. The Morgan fingerprint density at radius 3 is 2.50 bits per heavy atom. The molecule has 0 unspecified atom stereocenters. The van der Waals surface area contributed by atoms with Crippen molar-refractivity contribution in [3.8, 4) is 5.75 Å². The van der Waals surface area contributed by atoms with E-state index in [1.165, 1.54) is 6.07 Å². The molecular weight excluding hydrogens is 273 g/mol. The Morgan fingerprint density at radius 2 is 1.95 bits per heavy atom. The Hall–Kier alpha value is -1.72. The molecular formula is C14H15F3O3. The van der Waals surface area contributed by atoms with Gasteiger partial charge in [0, 0.05) is 0 Å². The van der Waals surface area contributed by atoms with Crippen molar-refractivity contribution in [3.05, 3.63) is 29.3 Å². The summed E-state index contributed by atoms with van der Waals surface area (Å²) in [5, 5.41) is 8.88. The summed E-state index contributed by atoms with van der Waals surface area (Å²) >= 11 is 0. The van der Waals surface area contributed by atoms with E-state index in [4.69, 9.17) is 9.84 Å². The maximum Gasteiger partial charge on any atom is 0.417 e. The number of hydrogen-bond donors (Lipinski definition) is 1. The van der Waals surface area contributed by atoms with E-state index >= 15 is 0 Å². The highest BCUT2D eigenvalue weighted by atomic mass is 19.4. The third-order valence-electron chi connectivity index (χ3n) is 3.49. The standard InChI is InChI=1S/C14H15F3O3/c15-14(16,17)12-6-5-10(7-11(12)13(18)19)20-8-9-3-1-2-4-9/h5-7,9H,1-4,8H2,(H,18,19). The highest BCUT2D eigenvalue weighted by molar-refractivity contribution is 5.90. The fourth-order valence-corrected chi connectivity index (χ4v) is 2.43. The first kappa shape index (κ1) is 14.7. The van der Waals surface area contributed by atoms with Gasteiger partial charge < -0.3 is 9.84 Å². The van der Waals surface area contributed by atoms with Gasteiger partial charge in [-0.15, -0.1) is 0 Å². The van der Waals surface area contributed by atoms with E-state index < -0.39 is 23.3 Å². The van der Waals surface area contributed by atoms with Crippen LogP contribution in [0, 0.1) is 5.92 Å². The zero-order valence-corrected chi connectivity index (χ0v) is 10.7. The van der Waals surface area contributed by atoms with Crippen LogP contribution in [0.15, 0.2) is 18.2 Å². The summed E-state index contributed by atoms with van der Waals surface area (Å²) in [5.41, 5.74) is -1.93. The molecule has 6 heteroatoms. The van der Waals surface area contributed by atoms with Crippen molar-refractivity contribution < 1.29 is 27.8 Å². The molecule has 0 amide bonds. The van der Waals surface area contributed by atoms with E-state index in [0.717, 1.165) is 37.8 Å². The van der Waals surface area contributed by atoms with Gasteiger partial charge in [0.2, 0.25) is 0 Å². The zero-order chi connectivity index (χ0) is 14.8. The van der Waals surface area contributed by atoms with Crippen molar-refractivity contribution in [3.63, 3.8) is 0 Å². The van der Waals surface area contributed by atoms with Crippen molar-refractivity contribution in [2.24, 2.45) is 5.92 Å². The van der Waals surface area contributed by atoms with Gasteiger partial charge in [-0.05, 0) is 37.0 Å². The van der Waals surface area contributed by atoms with Crippen LogP contribution >= 0.6 is 0 Å².